The van der Waals surface area contributed by atoms with E-state index in [1.54, 1.807) is 0 Å². The van der Waals surface area contributed by atoms with Crippen molar-refractivity contribution in [3.63, 3.8) is 0 Å². The number of para-hydroxylation sites is 1. The Kier molecular flexibility index (Phi) is 4.61. The van der Waals surface area contributed by atoms with E-state index in [1.165, 1.54) is 36.6 Å². The molecule has 1 aromatic carbocycles. The van der Waals surface area contributed by atoms with Gasteiger partial charge in [0.15, 0.2) is 0 Å². The zero-order valence-corrected chi connectivity index (χ0v) is 13.0. The minimum Gasteiger partial charge on any atom is -0.458 e. The number of hydrogen-bond donors (Lipinski definition) is 1. The topological polar surface area (TPSA) is 34.4 Å². The summed E-state index contributed by atoms with van der Waals surface area (Å²) in [4.78, 5) is 0. The van der Waals surface area contributed by atoms with Gasteiger partial charge in [0.1, 0.15) is 18.0 Å². The van der Waals surface area contributed by atoms with Crippen molar-refractivity contribution in [2.24, 2.45) is 5.92 Å². The standard InChI is InChI=1S/C18H25NO2/c1-13-7-3-5-9-16(13)20-12-18-15(11-19-2)14-8-4-6-10-17(14)21-18/h4,6,8,10,13,16,19H,3,5,7,9,11-12H2,1-2H3. The summed E-state index contributed by atoms with van der Waals surface area (Å²) in [5.74, 6) is 1.64. The summed E-state index contributed by atoms with van der Waals surface area (Å²) in [6, 6.07) is 8.23. The van der Waals surface area contributed by atoms with E-state index in [0.717, 1.165) is 17.9 Å². The lowest BCUT2D eigenvalue weighted by atomic mass is 9.88. The molecule has 0 bridgehead atoms. The molecule has 114 valence electrons. The lowest BCUT2D eigenvalue weighted by Crippen LogP contribution is -2.25. The third-order valence-corrected chi connectivity index (χ3v) is 4.60. The van der Waals surface area contributed by atoms with Crippen LogP contribution in [-0.4, -0.2) is 13.2 Å². The first-order chi connectivity index (χ1) is 10.3. The summed E-state index contributed by atoms with van der Waals surface area (Å²) in [6.07, 6.45) is 5.49. The number of benzene rings is 1. The highest BCUT2D eigenvalue weighted by molar-refractivity contribution is 5.82. The molecular formula is C18H25NO2. The van der Waals surface area contributed by atoms with E-state index in [-0.39, 0.29) is 0 Å². The fraction of sp³-hybridized carbons (Fsp3) is 0.556. The minimum atomic E-state index is 0.384. The van der Waals surface area contributed by atoms with Crippen LogP contribution in [0.15, 0.2) is 28.7 Å². The van der Waals surface area contributed by atoms with Gasteiger partial charge in [0, 0.05) is 17.5 Å². The van der Waals surface area contributed by atoms with Crippen LogP contribution >= 0.6 is 0 Å². The second kappa shape index (κ2) is 6.63. The van der Waals surface area contributed by atoms with E-state index in [1.807, 2.05) is 19.2 Å². The van der Waals surface area contributed by atoms with Gasteiger partial charge in [-0.2, -0.15) is 0 Å². The maximum absolute atomic E-state index is 6.18. The van der Waals surface area contributed by atoms with Gasteiger partial charge in [-0.1, -0.05) is 38.0 Å². The maximum Gasteiger partial charge on any atom is 0.135 e. The lowest BCUT2D eigenvalue weighted by Gasteiger charge is -2.28. The van der Waals surface area contributed by atoms with Gasteiger partial charge in [0.05, 0.1) is 6.10 Å². The van der Waals surface area contributed by atoms with Crippen molar-refractivity contribution in [3.05, 3.63) is 35.6 Å². The molecular weight excluding hydrogens is 262 g/mol. The smallest absolute Gasteiger partial charge is 0.135 e. The molecule has 0 amide bonds. The Bertz CT molecular complexity index is 590. The molecule has 1 saturated carbocycles. The predicted octanol–water partition coefficient (Wildman–Crippen LogP) is 4.25. The van der Waals surface area contributed by atoms with Crippen LogP contribution in [0.1, 0.15) is 43.9 Å². The van der Waals surface area contributed by atoms with Crippen molar-refractivity contribution in [3.8, 4) is 0 Å². The van der Waals surface area contributed by atoms with E-state index in [0.29, 0.717) is 18.6 Å². The van der Waals surface area contributed by atoms with Gasteiger partial charge in [-0.05, 0) is 31.9 Å². The van der Waals surface area contributed by atoms with Crippen molar-refractivity contribution in [2.75, 3.05) is 7.05 Å². The number of furan rings is 1. The predicted molar refractivity (Wildman–Crippen MR) is 85.2 cm³/mol. The summed E-state index contributed by atoms with van der Waals surface area (Å²) in [7, 11) is 1.97. The van der Waals surface area contributed by atoms with E-state index < -0.39 is 0 Å². The molecule has 3 rings (SSSR count). The highest BCUT2D eigenvalue weighted by Crippen LogP contribution is 2.30. The van der Waals surface area contributed by atoms with Gasteiger partial charge in [-0.15, -0.1) is 0 Å². The Morgan fingerprint density at radius 2 is 2.05 bits per heavy atom. The van der Waals surface area contributed by atoms with Crippen molar-refractivity contribution in [1.29, 1.82) is 0 Å². The fourth-order valence-electron chi connectivity index (χ4n) is 3.35. The molecule has 0 spiro atoms. The summed E-state index contributed by atoms with van der Waals surface area (Å²) in [6.45, 7) is 3.70. The van der Waals surface area contributed by atoms with Crippen LogP contribution < -0.4 is 5.32 Å². The Hall–Kier alpha value is -1.32. The molecule has 1 fully saturated rings. The van der Waals surface area contributed by atoms with E-state index in [2.05, 4.69) is 24.4 Å². The number of ether oxygens (including phenoxy) is 1. The normalized spacial score (nSPS) is 22.8. The van der Waals surface area contributed by atoms with Crippen LogP contribution in [-0.2, 0) is 17.9 Å². The van der Waals surface area contributed by atoms with Crippen molar-refractivity contribution >= 4 is 11.0 Å². The Labute approximate surface area is 126 Å². The fourth-order valence-corrected chi connectivity index (χ4v) is 3.35. The molecule has 2 aromatic rings. The van der Waals surface area contributed by atoms with Gasteiger partial charge in [-0.25, -0.2) is 0 Å². The molecule has 21 heavy (non-hydrogen) atoms. The summed E-state index contributed by atoms with van der Waals surface area (Å²) < 4.78 is 12.2. The van der Waals surface area contributed by atoms with Crippen LogP contribution in [0.3, 0.4) is 0 Å². The molecule has 0 saturated heterocycles. The molecule has 3 heteroatoms. The molecule has 2 atom stereocenters. The average Bonchev–Trinajstić information content (AvgIpc) is 2.85. The highest BCUT2D eigenvalue weighted by atomic mass is 16.5. The lowest BCUT2D eigenvalue weighted by molar-refractivity contribution is -0.0218. The second-order valence-corrected chi connectivity index (χ2v) is 6.14. The van der Waals surface area contributed by atoms with Crippen LogP contribution in [0.5, 0.6) is 0 Å². The average molecular weight is 287 g/mol. The zero-order valence-electron chi connectivity index (χ0n) is 13.0. The molecule has 1 aliphatic carbocycles. The maximum atomic E-state index is 6.18. The Balaban J connectivity index is 1.77. The molecule has 1 aromatic heterocycles. The Morgan fingerprint density at radius 1 is 1.24 bits per heavy atom. The SMILES string of the molecule is CNCc1c(COC2CCCCC2C)oc2ccccc12. The summed E-state index contributed by atoms with van der Waals surface area (Å²) >= 11 is 0. The van der Waals surface area contributed by atoms with Crippen LogP contribution in [0.4, 0.5) is 0 Å². The van der Waals surface area contributed by atoms with Crippen molar-refractivity contribution < 1.29 is 9.15 Å². The molecule has 2 unspecified atom stereocenters. The van der Waals surface area contributed by atoms with Gasteiger partial charge in [0.2, 0.25) is 0 Å². The largest absolute Gasteiger partial charge is 0.458 e. The number of rotatable bonds is 5. The molecule has 0 aliphatic heterocycles. The molecule has 0 radical (unpaired) electrons. The van der Waals surface area contributed by atoms with E-state index in [9.17, 15) is 0 Å². The van der Waals surface area contributed by atoms with Crippen molar-refractivity contribution in [2.45, 2.75) is 51.9 Å². The summed E-state index contributed by atoms with van der Waals surface area (Å²) in [5.41, 5.74) is 2.19. The third kappa shape index (κ3) is 3.14. The molecule has 1 aliphatic rings. The zero-order chi connectivity index (χ0) is 14.7. The van der Waals surface area contributed by atoms with E-state index >= 15 is 0 Å². The van der Waals surface area contributed by atoms with E-state index in [4.69, 9.17) is 9.15 Å². The number of hydrogen-bond acceptors (Lipinski definition) is 3. The number of nitrogens with one attached hydrogen (secondary N) is 1. The second-order valence-electron chi connectivity index (χ2n) is 6.14. The minimum absolute atomic E-state index is 0.384. The number of fused-ring (bicyclic) bond motifs is 1. The Morgan fingerprint density at radius 3 is 2.86 bits per heavy atom. The molecule has 1 heterocycles. The quantitative estimate of drug-likeness (QED) is 0.893. The first-order valence-corrected chi connectivity index (χ1v) is 8.05. The summed E-state index contributed by atoms with van der Waals surface area (Å²) in [5, 5.41) is 4.43. The van der Waals surface area contributed by atoms with Crippen molar-refractivity contribution in [1.82, 2.24) is 5.32 Å². The van der Waals surface area contributed by atoms with Gasteiger partial charge in [0.25, 0.3) is 0 Å². The molecule has 3 nitrogen and oxygen atoms in total. The van der Waals surface area contributed by atoms with Gasteiger partial charge < -0.3 is 14.5 Å². The monoisotopic (exact) mass is 287 g/mol. The van der Waals surface area contributed by atoms with Crippen LogP contribution in [0.25, 0.3) is 11.0 Å². The first kappa shape index (κ1) is 14.6. The third-order valence-electron chi connectivity index (χ3n) is 4.60. The van der Waals surface area contributed by atoms with Gasteiger partial charge in [-0.3, -0.25) is 0 Å². The van der Waals surface area contributed by atoms with Gasteiger partial charge >= 0.3 is 0 Å². The highest BCUT2D eigenvalue weighted by Gasteiger charge is 2.23. The first-order valence-electron chi connectivity index (χ1n) is 8.05. The molecule has 1 N–H and O–H groups in total. The van der Waals surface area contributed by atoms with Crippen LogP contribution in [0, 0.1) is 5.92 Å². The van der Waals surface area contributed by atoms with Crippen LogP contribution in [0.2, 0.25) is 0 Å².